The number of ketones is 3. The van der Waals surface area contributed by atoms with Gasteiger partial charge in [-0.05, 0) is 183 Å². The Bertz CT molecular complexity index is 4690. The standard InChI is InChI=1S/C88H108Cl2N6O24/c1-7-9-10-11-12-13-68(104)92-69(105)32-50-29-60(101)74(95-83(111)43(8-2)20-39(3)4)76(106)45-15-18-63(56(89)27-45)116-65-30-49-31-66(80(65)120-87-81(79(109)78(108)67(38-97)118-87)119-70-37-88(6,91)82(110)40(5)115-70)117-64-19-16-46(28-57(64)90)77(107)75-86(114)94-73(62(103)35-52-47-22-41-21-42(24-47)25-48(52)23-41)55-33-51(98)34-59(100)71(55)54-26-44(14-17-58(54)99)53(85(113)96-75)36-61(102)72(49)93-84(50)112/h14-19,26-28,30-31,33-34,39-43,47-48,50,52-53,67,70,72-79,81-82,87,97-100,106-110H,7-13,20-25,29,32,35-38,91H2,1-6H3,(H,93,112)(H,94,114)(H,95,111)(H,96,113)(H,92,104,105)/t40-,41?,42?,43+,47?,48?,50-,52?,53+,67+,70-,72+,73-,74-,75-,76+,77+,78+,79-,81+,82+,87-,88-/m0/s1. The topological polar surface area (TPSA) is 477 Å². The molecule has 6 fully saturated rings. The average Bonchev–Trinajstić information content (AvgIpc) is 0.753. The van der Waals surface area contributed by atoms with E-state index in [0.717, 1.165) is 81.7 Å². The lowest BCUT2D eigenvalue weighted by molar-refractivity contribution is -0.333. The van der Waals surface area contributed by atoms with Gasteiger partial charge in [-0.15, -0.1) is 0 Å². The van der Waals surface area contributed by atoms with Crippen LogP contribution in [0.15, 0.2) is 78.9 Å². The highest BCUT2D eigenvalue weighted by atomic mass is 35.5. The van der Waals surface area contributed by atoms with Crippen molar-refractivity contribution in [3.63, 3.8) is 0 Å². The maximum atomic E-state index is 16.7. The number of aromatic hydroxyl groups is 3. The van der Waals surface area contributed by atoms with Crippen molar-refractivity contribution in [2.24, 2.45) is 53.1 Å². The highest BCUT2D eigenvalue weighted by Crippen LogP contribution is 2.59. The molecule has 15 bridgehead atoms. The molecular weight excluding hydrogens is 1600 g/mol. The number of rotatable bonds is 21. The molecule has 5 aromatic rings. The van der Waals surface area contributed by atoms with Crippen LogP contribution >= 0.6 is 23.2 Å². The van der Waals surface area contributed by atoms with E-state index in [1.54, 1.807) is 6.92 Å². The summed E-state index contributed by atoms with van der Waals surface area (Å²) in [6.07, 6.45) is -11.7. The van der Waals surface area contributed by atoms with Crippen LogP contribution in [0.2, 0.25) is 10.0 Å². The third kappa shape index (κ3) is 19.4. The van der Waals surface area contributed by atoms with Crippen molar-refractivity contribution in [3.05, 3.63) is 117 Å². The Morgan fingerprint density at radius 3 is 1.93 bits per heavy atom. The first-order valence-corrected chi connectivity index (χ1v) is 42.4. The molecule has 32 heteroatoms. The van der Waals surface area contributed by atoms with Crippen LogP contribution in [-0.4, -0.2) is 172 Å². The van der Waals surface area contributed by atoms with E-state index in [4.69, 9.17) is 57.4 Å². The highest BCUT2D eigenvalue weighted by Gasteiger charge is 2.53. The van der Waals surface area contributed by atoms with Gasteiger partial charge in [0.25, 0.3) is 0 Å². The van der Waals surface area contributed by atoms with E-state index in [1.165, 1.54) is 62.4 Å². The number of ether oxygens (including phenoxy) is 6. The molecule has 7 aliphatic heterocycles. The largest absolute Gasteiger partial charge is 0.508 e. The summed E-state index contributed by atoms with van der Waals surface area (Å²) in [7, 11) is 0. The number of fused-ring (bicyclic) bond motifs is 15. The normalized spacial score (nSPS) is 31.3. The number of hydrogen-bond donors (Lipinski definition) is 15. The predicted molar refractivity (Wildman–Crippen MR) is 433 cm³/mol. The molecule has 18 atom stereocenters. The number of unbranched alkanes of at least 4 members (excludes halogenated alkanes) is 4. The fraction of sp³-hybridized carbons (Fsp3) is 0.557. The molecule has 11 aliphatic rings. The molecule has 648 valence electrons. The number of phenolic OH excluding ortho intramolecular Hbond substituents is 3. The van der Waals surface area contributed by atoms with Crippen molar-refractivity contribution in [1.82, 2.24) is 26.6 Å². The number of phenols is 3. The zero-order chi connectivity index (χ0) is 86.2. The molecule has 16 N–H and O–H groups in total. The van der Waals surface area contributed by atoms with Crippen LogP contribution in [0.25, 0.3) is 11.1 Å². The van der Waals surface area contributed by atoms with E-state index in [-0.39, 0.29) is 110 Å². The number of Topliss-reactive ketones (excluding diaryl/α,β-unsaturated/α-hetero) is 3. The van der Waals surface area contributed by atoms with Gasteiger partial charge in [0.2, 0.25) is 47.5 Å². The van der Waals surface area contributed by atoms with Gasteiger partial charge in [0.1, 0.15) is 83.4 Å². The molecule has 0 spiro atoms. The molecule has 4 saturated carbocycles. The number of imide groups is 1. The number of amides is 6. The van der Waals surface area contributed by atoms with Gasteiger partial charge in [-0.25, -0.2) is 0 Å². The second-order valence-corrected chi connectivity index (χ2v) is 35.5. The molecule has 0 radical (unpaired) electrons. The first kappa shape index (κ1) is 88.9. The van der Waals surface area contributed by atoms with Crippen LogP contribution in [0.4, 0.5) is 0 Å². The van der Waals surface area contributed by atoms with E-state index < -0.39 is 222 Å². The van der Waals surface area contributed by atoms with E-state index in [2.05, 4.69) is 26.6 Å². The highest BCUT2D eigenvalue weighted by molar-refractivity contribution is 6.32. The van der Waals surface area contributed by atoms with Crippen LogP contribution in [0.1, 0.15) is 215 Å². The third-order valence-corrected chi connectivity index (χ3v) is 25.9. The number of benzene rings is 5. The van der Waals surface area contributed by atoms with E-state index >= 15 is 28.8 Å². The SMILES string of the molecule is CCCCCCCC(=O)NC(=O)C[C@@H]1CC(=O)[C@H](NC(=O)[C@H](CC)CC(C)C)[C@H](O)c2ccc(c(Cl)c2)Oc2cc3cc(c2O[C@@H]2O[C@H](CO)[C@@H](O)[C@H](O)[C@H]2O[C@H]2C[C@](C)(N)[C@H](O)[C@H](C)O2)Oc2ccc(cc2Cl)[C@@H](O)[C@@H]2NC(=O)[C@H](CC(=O)[C@@H]3NC1=O)c1ccc(O)c(c1)-c1c(O)cc(O)cc1[C@@H](C(=O)CC1C3CC4CC(C3)CC1C4)NC2=O. The summed E-state index contributed by atoms with van der Waals surface area (Å²) in [4.78, 5) is 139. The smallest absolute Gasteiger partial charge is 0.246 e. The Morgan fingerprint density at radius 2 is 1.32 bits per heavy atom. The van der Waals surface area contributed by atoms with Crippen molar-refractivity contribution in [3.8, 4) is 57.1 Å². The molecular formula is C88H108Cl2N6O24. The number of halogens is 2. The third-order valence-electron chi connectivity index (χ3n) is 25.3. The first-order valence-electron chi connectivity index (χ1n) is 41.7. The number of carbonyl (C=O) groups excluding carboxylic acids is 9. The molecule has 30 nitrogen and oxygen atoms in total. The fourth-order valence-electron chi connectivity index (χ4n) is 19.2. The number of nitrogens with one attached hydrogen (secondary N) is 5. The minimum absolute atomic E-state index is 0.0329. The van der Waals surface area contributed by atoms with Crippen LogP contribution in [-0.2, 0) is 57.4 Å². The second kappa shape index (κ2) is 37.4. The number of nitrogens with two attached hydrogens (primary N) is 1. The molecule has 6 amide bonds. The van der Waals surface area contributed by atoms with E-state index in [1.807, 2.05) is 20.8 Å². The lowest BCUT2D eigenvalue weighted by Gasteiger charge is -2.54. The number of carbonyl (C=O) groups is 9. The maximum Gasteiger partial charge on any atom is 0.246 e. The van der Waals surface area contributed by atoms with Crippen LogP contribution in [0.3, 0.4) is 0 Å². The minimum Gasteiger partial charge on any atom is -0.508 e. The van der Waals surface area contributed by atoms with Crippen LogP contribution in [0.5, 0.6) is 46.0 Å². The van der Waals surface area contributed by atoms with E-state index in [0.29, 0.717) is 31.1 Å². The van der Waals surface area contributed by atoms with Crippen LogP contribution < -0.4 is 46.5 Å². The lowest BCUT2D eigenvalue weighted by atomic mass is 9.51. The molecule has 120 heavy (non-hydrogen) atoms. The van der Waals surface area contributed by atoms with Gasteiger partial charge >= 0.3 is 0 Å². The molecule has 0 unspecified atom stereocenters. The van der Waals surface area contributed by atoms with Gasteiger partial charge in [0, 0.05) is 67.2 Å². The molecule has 16 rings (SSSR count). The summed E-state index contributed by atoms with van der Waals surface area (Å²) >= 11 is 14.5. The Balaban J connectivity index is 1.01. The fourth-order valence-corrected chi connectivity index (χ4v) is 19.6. The zero-order valence-electron chi connectivity index (χ0n) is 67.7. The zero-order valence-corrected chi connectivity index (χ0v) is 69.2. The molecule has 0 aromatic heterocycles. The van der Waals surface area contributed by atoms with E-state index in [9.17, 15) is 60.3 Å². The summed E-state index contributed by atoms with van der Waals surface area (Å²) < 4.78 is 39.2. The summed E-state index contributed by atoms with van der Waals surface area (Å²) in [5.74, 6) is -16.4. The van der Waals surface area contributed by atoms with Crippen molar-refractivity contribution >= 4 is 76.0 Å². The summed E-state index contributed by atoms with van der Waals surface area (Å²) in [5, 5.41) is 120. The van der Waals surface area contributed by atoms with Gasteiger partial charge < -0.3 is 101 Å². The molecule has 2 saturated heterocycles. The number of aliphatic hydroxyl groups is 6. The van der Waals surface area contributed by atoms with Crippen molar-refractivity contribution in [2.45, 2.75) is 254 Å². The Labute approximate surface area is 704 Å². The van der Waals surface area contributed by atoms with Gasteiger partial charge in [-0.1, -0.05) is 94.8 Å². The molecule has 5 aromatic carbocycles. The summed E-state index contributed by atoms with van der Waals surface area (Å²) in [5.41, 5.74) is 3.66. The Hall–Kier alpha value is -8.89. The van der Waals surface area contributed by atoms with Crippen molar-refractivity contribution < 1.29 is 118 Å². The van der Waals surface area contributed by atoms with Gasteiger partial charge in [-0.3, -0.25) is 48.5 Å². The summed E-state index contributed by atoms with van der Waals surface area (Å²) in [6, 6.07) is 7.36. The van der Waals surface area contributed by atoms with Gasteiger partial charge in [-0.2, -0.15) is 0 Å². The Morgan fingerprint density at radius 1 is 0.675 bits per heavy atom. The second-order valence-electron chi connectivity index (χ2n) is 34.7. The van der Waals surface area contributed by atoms with Crippen molar-refractivity contribution in [2.75, 3.05) is 6.61 Å². The molecule has 7 heterocycles. The summed E-state index contributed by atoms with van der Waals surface area (Å²) in [6.45, 7) is 9.65. The van der Waals surface area contributed by atoms with Gasteiger partial charge in [0.05, 0.1) is 40.7 Å². The lowest BCUT2D eigenvalue weighted by Crippen LogP contribution is -2.64. The predicted octanol–water partition coefficient (Wildman–Crippen LogP) is 8.99. The average molecular weight is 1700 g/mol. The first-order chi connectivity index (χ1) is 57.1. The monoisotopic (exact) mass is 1700 g/mol. The number of hydrogen-bond acceptors (Lipinski definition) is 25. The van der Waals surface area contributed by atoms with Crippen LogP contribution in [0, 0.1) is 47.3 Å². The minimum atomic E-state index is -2.21. The molecule has 4 aliphatic carbocycles. The van der Waals surface area contributed by atoms with Gasteiger partial charge in [0.15, 0.2) is 41.2 Å². The number of aliphatic hydroxyl groups excluding tert-OH is 6. The quantitative estimate of drug-likeness (QED) is 0.0305. The van der Waals surface area contributed by atoms with Crippen molar-refractivity contribution in [1.29, 1.82) is 0 Å². The maximum absolute atomic E-state index is 16.7. The Kier molecular flexibility index (Phi) is 27.7.